The van der Waals surface area contributed by atoms with Gasteiger partial charge in [0.2, 0.25) is 5.82 Å². The van der Waals surface area contributed by atoms with E-state index >= 15 is 0 Å². The van der Waals surface area contributed by atoms with Crippen molar-refractivity contribution in [1.29, 1.82) is 0 Å². The second kappa shape index (κ2) is 4.90. The fraction of sp³-hybridized carbons (Fsp3) is 0.500. The number of fused-ring (bicyclic) bond motifs is 1. The van der Waals surface area contributed by atoms with Crippen molar-refractivity contribution < 1.29 is 13.5 Å². The van der Waals surface area contributed by atoms with Crippen LogP contribution in [0.25, 0.3) is 0 Å². The van der Waals surface area contributed by atoms with Gasteiger partial charge in [0.25, 0.3) is 0 Å². The van der Waals surface area contributed by atoms with Gasteiger partial charge < -0.3 is 10.1 Å². The molecule has 0 radical (unpaired) electrons. The number of ether oxygens (including phenoxy) is 1. The molecule has 0 saturated heterocycles. The van der Waals surface area contributed by atoms with E-state index in [1.807, 2.05) is 13.8 Å². The van der Waals surface area contributed by atoms with Crippen molar-refractivity contribution in [2.24, 2.45) is 0 Å². The monoisotopic (exact) mass is 305 g/mol. The summed E-state index contributed by atoms with van der Waals surface area (Å²) < 4.78 is 33.0. The molecule has 1 aromatic carbocycles. The zero-order chi connectivity index (χ0) is 12.6. The number of benzene rings is 1. The number of likely N-dealkylation sites (N-methyl/N-ethyl adjacent to an activating group) is 1. The molecular formula is C12H14BrF2NO. The molecule has 2 nitrogen and oxygen atoms in total. The summed E-state index contributed by atoms with van der Waals surface area (Å²) in [6.45, 7) is 4.68. The highest BCUT2D eigenvalue weighted by Gasteiger charge is 2.37. The Morgan fingerprint density at radius 3 is 2.71 bits per heavy atom. The van der Waals surface area contributed by atoms with E-state index in [1.54, 1.807) is 0 Å². The van der Waals surface area contributed by atoms with E-state index in [2.05, 4.69) is 21.2 Å². The van der Waals surface area contributed by atoms with Gasteiger partial charge in [-0.3, -0.25) is 0 Å². The zero-order valence-corrected chi connectivity index (χ0v) is 11.3. The van der Waals surface area contributed by atoms with Crippen molar-refractivity contribution in [2.45, 2.75) is 32.4 Å². The van der Waals surface area contributed by atoms with Crippen molar-refractivity contribution in [3.05, 3.63) is 27.7 Å². The molecule has 2 rings (SSSR count). The second-order valence-electron chi connectivity index (χ2n) is 4.00. The highest BCUT2D eigenvalue weighted by Crippen LogP contribution is 2.44. The van der Waals surface area contributed by atoms with Crippen LogP contribution in [0.2, 0.25) is 0 Å². The van der Waals surface area contributed by atoms with E-state index in [1.165, 1.54) is 0 Å². The average Bonchev–Trinajstić information content (AvgIpc) is 2.66. The number of nitrogens with one attached hydrogen (secondary N) is 1. The van der Waals surface area contributed by atoms with Crippen LogP contribution in [0.4, 0.5) is 8.78 Å². The third-order valence-electron chi connectivity index (χ3n) is 2.94. The van der Waals surface area contributed by atoms with Crippen molar-refractivity contribution in [1.82, 2.24) is 5.32 Å². The van der Waals surface area contributed by atoms with Crippen molar-refractivity contribution >= 4 is 15.9 Å². The van der Waals surface area contributed by atoms with Gasteiger partial charge in [0.15, 0.2) is 11.6 Å². The lowest BCUT2D eigenvalue weighted by molar-refractivity contribution is 0.179. The summed E-state index contributed by atoms with van der Waals surface area (Å²) in [6, 6.07) is 1.06. The Morgan fingerprint density at radius 2 is 2.12 bits per heavy atom. The van der Waals surface area contributed by atoms with Crippen LogP contribution in [-0.4, -0.2) is 12.6 Å². The maximum absolute atomic E-state index is 13.7. The molecule has 0 aromatic heterocycles. The summed E-state index contributed by atoms with van der Waals surface area (Å²) in [7, 11) is 0. The Bertz CT molecular complexity index is 439. The van der Waals surface area contributed by atoms with Gasteiger partial charge in [0.1, 0.15) is 6.10 Å². The summed E-state index contributed by atoms with van der Waals surface area (Å²) in [5, 5.41) is 3.25. The summed E-state index contributed by atoms with van der Waals surface area (Å²) in [6.07, 6.45) is 0.581. The number of hydrogen-bond donors (Lipinski definition) is 1. The van der Waals surface area contributed by atoms with E-state index in [-0.39, 0.29) is 17.9 Å². The Labute approximate surface area is 107 Å². The van der Waals surface area contributed by atoms with E-state index in [0.717, 1.165) is 19.0 Å². The lowest BCUT2D eigenvalue weighted by atomic mass is 10.0. The van der Waals surface area contributed by atoms with Crippen LogP contribution in [0.15, 0.2) is 10.5 Å². The van der Waals surface area contributed by atoms with Crippen molar-refractivity contribution in [2.75, 3.05) is 6.54 Å². The fourth-order valence-corrected chi connectivity index (χ4v) is 2.80. The molecule has 1 aliphatic heterocycles. The Hall–Kier alpha value is -0.680. The Balaban J connectivity index is 2.51. The topological polar surface area (TPSA) is 21.3 Å². The summed E-state index contributed by atoms with van der Waals surface area (Å²) in [4.78, 5) is 0. The smallest absolute Gasteiger partial charge is 0.201 e. The zero-order valence-electron chi connectivity index (χ0n) is 9.69. The summed E-state index contributed by atoms with van der Waals surface area (Å²) in [5.74, 6) is -1.75. The van der Waals surface area contributed by atoms with E-state index in [0.29, 0.717) is 10.0 Å². The lowest BCUT2D eigenvalue weighted by Gasteiger charge is -2.18. The minimum absolute atomic E-state index is 0.0367. The third kappa shape index (κ3) is 2.06. The number of halogens is 3. The van der Waals surface area contributed by atoms with Crippen LogP contribution < -0.4 is 10.1 Å². The maximum Gasteiger partial charge on any atom is 0.201 e. The molecular weight excluding hydrogens is 292 g/mol. The minimum atomic E-state index is -0.901. The van der Waals surface area contributed by atoms with E-state index in [4.69, 9.17) is 4.74 Å². The first kappa shape index (κ1) is 12.8. The lowest BCUT2D eigenvalue weighted by Crippen LogP contribution is -2.30. The SMILES string of the molecule is CCNC1c2c(Br)cc(F)c(F)c2OC1CC. The maximum atomic E-state index is 13.7. The van der Waals surface area contributed by atoms with Crippen LogP contribution in [-0.2, 0) is 0 Å². The van der Waals surface area contributed by atoms with Gasteiger partial charge in [-0.25, -0.2) is 4.39 Å². The molecule has 1 N–H and O–H groups in total. The predicted octanol–water partition coefficient (Wildman–Crippen LogP) is 3.55. The predicted molar refractivity (Wildman–Crippen MR) is 65.2 cm³/mol. The molecule has 0 saturated carbocycles. The van der Waals surface area contributed by atoms with E-state index in [9.17, 15) is 8.78 Å². The molecule has 2 atom stereocenters. The Morgan fingerprint density at radius 1 is 1.41 bits per heavy atom. The highest BCUT2D eigenvalue weighted by atomic mass is 79.9. The molecule has 0 amide bonds. The quantitative estimate of drug-likeness (QED) is 0.862. The third-order valence-corrected chi connectivity index (χ3v) is 3.60. The molecule has 0 spiro atoms. The van der Waals surface area contributed by atoms with Gasteiger partial charge in [-0.05, 0) is 19.0 Å². The first-order valence-corrected chi connectivity index (χ1v) is 6.46. The largest absolute Gasteiger partial charge is 0.485 e. The summed E-state index contributed by atoms with van der Waals surface area (Å²) in [5.41, 5.74) is 0.678. The molecule has 94 valence electrons. The molecule has 2 unspecified atom stereocenters. The highest BCUT2D eigenvalue weighted by molar-refractivity contribution is 9.10. The van der Waals surface area contributed by atoms with Crippen LogP contribution in [0.5, 0.6) is 5.75 Å². The van der Waals surface area contributed by atoms with Gasteiger partial charge >= 0.3 is 0 Å². The molecule has 1 aromatic rings. The van der Waals surface area contributed by atoms with Gasteiger partial charge in [-0.1, -0.05) is 29.8 Å². The van der Waals surface area contributed by atoms with Crippen molar-refractivity contribution in [3.63, 3.8) is 0 Å². The van der Waals surface area contributed by atoms with Gasteiger partial charge in [0, 0.05) is 10.0 Å². The van der Waals surface area contributed by atoms with Gasteiger partial charge in [-0.2, -0.15) is 4.39 Å². The molecule has 0 aliphatic carbocycles. The number of rotatable bonds is 3. The molecule has 5 heteroatoms. The van der Waals surface area contributed by atoms with Crippen molar-refractivity contribution in [3.8, 4) is 5.75 Å². The fourth-order valence-electron chi connectivity index (χ4n) is 2.17. The van der Waals surface area contributed by atoms with Gasteiger partial charge in [-0.15, -0.1) is 0 Å². The first-order chi connectivity index (χ1) is 8.10. The first-order valence-electron chi connectivity index (χ1n) is 5.67. The van der Waals surface area contributed by atoms with Crippen LogP contribution >= 0.6 is 15.9 Å². The second-order valence-corrected chi connectivity index (χ2v) is 4.85. The standard InChI is InChI=1S/C12H14BrF2NO/c1-3-8-11(16-4-2)9-6(13)5-7(14)10(15)12(9)17-8/h5,8,11,16H,3-4H2,1-2H3. The summed E-state index contributed by atoms with van der Waals surface area (Å²) >= 11 is 3.27. The van der Waals surface area contributed by atoms with Crippen LogP contribution in [0.1, 0.15) is 31.9 Å². The average molecular weight is 306 g/mol. The van der Waals surface area contributed by atoms with Gasteiger partial charge in [0.05, 0.1) is 6.04 Å². The minimum Gasteiger partial charge on any atom is -0.485 e. The molecule has 0 bridgehead atoms. The normalized spacial score (nSPS) is 22.4. The molecule has 1 heterocycles. The van der Waals surface area contributed by atoms with E-state index < -0.39 is 11.6 Å². The van der Waals surface area contributed by atoms with Crippen LogP contribution in [0, 0.1) is 11.6 Å². The number of hydrogen-bond acceptors (Lipinski definition) is 2. The molecule has 17 heavy (non-hydrogen) atoms. The Kier molecular flexibility index (Phi) is 3.68. The van der Waals surface area contributed by atoms with Crippen LogP contribution in [0.3, 0.4) is 0 Å². The molecule has 1 aliphatic rings. The molecule has 0 fully saturated rings.